The largest absolute Gasteiger partial charge is 0.437 e. The first-order valence-electron chi connectivity index (χ1n) is 5.78. The van der Waals surface area contributed by atoms with Gasteiger partial charge in [-0.2, -0.15) is 0 Å². The Morgan fingerprint density at radius 1 is 1.41 bits per heavy atom. The molecule has 1 atom stereocenters. The Labute approximate surface area is 107 Å². The minimum absolute atomic E-state index is 0.0252. The van der Waals surface area contributed by atoms with Crippen molar-refractivity contribution in [2.24, 2.45) is 5.92 Å². The second-order valence-electron chi connectivity index (χ2n) is 4.52. The number of hydrogen-bond acceptors (Lipinski definition) is 4. The van der Waals surface area contributed by atoms with Gasteiger partial charge in [0.15, 0.2) is 0 Å². The zero-order valence-corrected chi connectivity index (χ0v) is 11.9. The van der Waals surface area contributed by atoms with Gasteiger partial charge in [-0.25, -0.2) is 4.98 Å². The molecule has 0 aliphatic carbocycles. The van der Waals surface area contributed by atoms with Crippen LogP contribution in [0.1, 0.15) is 32.2 Å². The first-order valence-corrected chi connectivity index (χ1v) is 6.66. The van der Waals surface area contributed by atoms with Crippen LogP contribution in [0.25, 0.3) is 0 Å². The molecular weight excluding hydrogens is 236 g/mol. The summed E-state index contributed by atoms with van der Waals surface area (Å²) in [6.07, 6.45) is 0. The van der Waals surface area contributed by atoms with E-state index in [2.05, 4.69) is 24.1 Å². The third kappa shape index (κ3) is 4.42. The molecule has 0 fully saturated rings. The first-order chi connectivity index (χ1) is 7.90. The number of carbonyl (C=O) groups excluding carboxylic acids is 1. The van der Waals surface area contributed by atoms with Gasteiger partial charge in [-0.15, -0.1) is 0 Å². The Morgan fingerprint density at radius 3 is 2.53 bits per heavy atom. The zero-order chi connectivity index (χ0) is 13.0. The Kier molecular flexibility index (Phi) is 5.05. The Morgan fingerprint density at radius 2 is 2.06 bits per heavy atom. The summed E-state index contributed by atoms with van der Waals surface area (Å²) in [5.41, 5.74) is 0.877. The van der Waals surface area contributed by atoms with Crippen molar-refractivity contribution in [3.05, 3.63) is 11.5 Å². The topological polar surface area (TPSA) is 55.1 Å². The number of aryl methyl sites for hydroxylation is 2. The highest BCUT2D eigenvalue weighted by molar-refractivity contribution is 8.00. The van der Waals surface area contributed by atoms with Crippen molar-refractivity contribution in [3.63, 3.8) is 0 Å². The number of aromatic nitrogens is 1. The summed E-state index contributed by atoms with van der Waals surface area (Å²) >= 11 is 1.35. The molecule has 96 valence electrons. The minimum Gasteiger partial charge on any atom is -0.437 e. The maximum atomic E-state index is 11.7. The number of hydrogen-bond donors (Lipinski definition) is 1. The van der Waals surface area contributed by atoms with Gasteiger partial charge in [0.1, 0.15) is 5.76 Å². The lowest BCUT2D eigenvalue weighted by Gasteiger charge is -2.11. The molecule has 0 spiro atoms. The maximum Gasteiger partial charge on any atom is 0.256 e. The van der Waals surface area contributed by atoms with E-state index in [0.29, 0.717) is 17.7 Å². The molecule has 1 rings (SSSR count). The zero-order valence-electron chi connectivity index (χ0n) is 11.0. The van der Waals surface area contributed by atoms with E-state index in [1.54, 1.807) is 0 Å². The Bertz CT molecular complexity index is 368. The lowest BCUT2D eigenvalue weighted by atomic mass is 10.2. The van der Waals surface area contributed by atoms with Gasteiger partial charge in [0.2, 0.25) is 5.91 Å². The molecule has 0 unspecified atom stereocenters. The highest BCUT2D eigenvalue weighted by Crippen LogP contribution is 2.24. The third-order valence-electron chi connectivity index (χ3n) is 2.34. The van der Waals surface area contributed by atoms with E-state index in [1.807, 2.05) is 20.8 Å². The van der Waals surface area contributed by atoms with Crippen LogP contribution in [0.2, 0.25) is 0 Å². The van der Waals surface area contributed by atoms with Gasteiger partial charge < -0.3 is 9.73 Å². The van der Waals surface area contributed by atoms with E-state index in [4.69, 9.17) is 4.42 Å². The van der Waals surface area contributed by atoms with Crippen molar-refractivity contribution in [1.82, 2.24) is 10.3 Å². The molecular formula is C12H20N2O2S. The van der Waals surface area contributed by atoms with Crippen molar-refractivity contribution in [2.75, 3.05) is 6.54 Å². The summed E-state index contributed by atoms with van der Waals surface area (Å²) in [5.74, 6) is 1.29. The smallest absolute Gasteiger partial charge is 0.256 e. The van der Waals surface area contributed by atoms with Crippen LogP contribution >= 0.6 is 11.8 Å². The molecule has 1 aromatic heterocycles. The number of rotatable bonds is 5. The minimum atomic E-state index is -0.189. The molecule has 1 heterocycles. The maximum absolute atomic E-state index is 11.7. The predicted molar refractivity (Wildman–Crippen MR) is 69.1 cm³/mol. The fourth-order valence-corrected chi connectivity index (χ4v) is 2.00. The molecule has 1 aromatic rings. The van der Waals surface area contributed by atoms with Crippen LogP contribution in [0.5, 0.6) is 0 Å². The van der Waals surface area contributed by atoms with Gasteiger partial charge in [0, 0.05) is 6.54 Å². The van der Waals surface area contributed by atoms with E-state index in [1.165, 1.54) is 11.8 Å². The lowest BCUT2D eigenvalue weighted by Crippen LogP contribution is -2.33. The van der Waals surface area contributed by atoms with Crippen LogP contribution in [0.3, 0.4) is 0 Å². The quantitative estimate of drug-likeness (QED) is 0.823. The standard InChI is InChI=1S/C12H20N2O2S/c1-7(2)6-13-11(15)10(5)17-12-14-8(3)9(4)16-12/h7,10H,6H2,1-5H3,(H,13,15)/t10-/m1/s1. The number of nitrogens with one attached hydrogen (secondary N) is 1. The molecule has 1 amide bonds. The third-order valence-corrected chi connectivity index (χ3v) is 3.28. The fourth-order valence-electron chi connectivity index (χ4n) is 1.15. The van der Waals surface area contributed by atoms with E-state index >= 15 is 0 Å². The molecule has 0 saturated carbocycles. The highest BCUT2D eigenvalue weighted by Gasteiger charge is 2.17. The lowest BCUT2D eigenvalue weighted by molar-refractivity contribution is -0.120. The molecule has 0 aromatic carbocycles. The number of thioether (sulfide) groups is 1. The van der Waals surface area contributed by atoms with Crippen molar-refractivity contribution < 1.29 is 9.21 Å². The van der Waals surface area contributed by atoms with E-state index in [-0.39, 0.29) is 11.2 Å². The van der Waals surface area contributed by atoms with Gasteiger partial charge in [-0.1, -0.05) is 25.6 Å². The van der Waals surface area contributed by atoms with Crippen LogP contribution in [0, 0.1) is 19.8 Å². The predicted octanol–water partition coefficient (Wildman–Crippen LogP) is 2.54. The molecule has 0 aliphatic heterocycles. The Hall–Kier alpha value is -0.970. The first kappa shape index (κ1) is 14.1. The molecule has 1 N–H and O–H groups in total. The molecule has 0 radical (unpaired) electrons. The van der Waals surface area contributed by atoms with Crippen LogP contribution in [-0.2, 0) is 4.79 Å². The van der Waals surface area contributed by atoms with Crippen LogP contribution in [0.4, 0.5) is 0 Å². The average Bonchev–Trinajstić information content (AvgIpc) is 2.54. The summed E-state index contributed by atoms with van der Waals surface area (Å²) in [6.45, 7) is 10.5. The number of amides is 1. The summed E-state index contributed by atoms with van der Waals surface area (Å²) in [5, 5.41) is 3.27. The normalized spacial score (nSPS) is 12.8. The summed E-state index contributed by atoms with van der Waals surface area (Å²) in [4.78, 5) is 16.0. The number of oxazole rings is 1. The SMILES string of the molecule is Cc1nc(S[C@H](C)C(=O)NCC(C)C)oc1C. The van der Waals surface area contributed by atoms with Crippen LogP contribution in [-0.4, -0.2) is 22.7 Å². The molecule has 4 nitrogen and oxygen atoms in total. The molecule has 0 aliphatic rings. The van der Waals surface area contributed by atoms with Gasteiger partial charge in [-0.3, -0.25) is 4.79 Å². The van der Waals surface area contributed by atoms with Gasteiger partial charge >= 0.3 is 0 Å². The number of nitrogens with zero attached hydrogens (tertiary/aromatic N) is 1. The summed E-state index contributed by atoms with van der Waals surface area (Å²) < 4.78 is 5.43. The molecule has 0 saturated heterocycles. The average molecular weight is 256 g/mol. The van der Waals surface area contributed by atoms with Crippen LogP contribution < -0.4 is 5.32 Å². The van der Waals surface area contributed by atoms with Gasteiger partial charge in [0.05, 0.1) is 10.9 Å². The van der Waals surface area contributed by atoms with Crippen molar-refractivity contribution in [3.8, 4) is 0 Å². The van der Waals surface area contributed by atoms with Gasteiger partial charge in [-0.05, 0) is 26.7 Å². The second-order valence-corrected chi connectivity index (χ2v) is 5.81. The van der Waals surface area contributed by atoms with E-state index in [0.717, 1.165) is 11.5 Å². The van der Waals surface area contributed by atoms with Crippen molar-refractivity contribution in [2.45, 2.75) is 45.1 Å². The summed E-state index contributed by atoms with van der Waals surface area (Å²) in [6, 6.07) is 0. The number of carbonyl (C=O) groups is 1. The summed E-state index contributed by atoms with van der Waals surface area (Å²) in [7, 11) is 0. The van der Waals surface area contributed by atoms with Crippen LogP contribution in [0.15, 0.2) is 9.64 Å². The molecule has 5 heteroatoms. The van der Waals surface area contributed by atoms with Crippen molar-refractivity contribution in [1.29, 1.82) is 0 Å². The van der Waals surface area contributed by atoms with Crippen molar-refractivity contribution >= 4 is 17.7 Å². The molecule has 0 bridgehead atoms. The Balaban J connectivity index is 2.48. The monoisotopic (exact) mass is 256 g/mol. The van der Waals surface area contributed by atoms with E-state index < -0.39 is 0 Å². The molecule has 17 heavy (non-hydrogen) atoms. The highest BCUT2D eigenvalue weighted by atomic mass is 32.2. The fraction of sp³-hybridized carbons (Fsp3) is 0.667. The van der Waals surface area contributed by atoms with E-state index in [9.17, 15) is 4.79 Å². The second kappa shape index (κ2) is 6.10. The van der Waals surface area contributed by atoms with Gasteiger partial charge in [0.25, 0.3) is 5.22 Å².